The Morgan fingerprint density at radius 1 is 1.06 bits per heavy atom. The number of rotatable bonds is 2. The number of nitrogens with zero attached hydrogens (tertiary/aromatic N) is 1. The van der Waals surface area contributed by atoms with Crippen LogP contribution in [0.25, 0.3) is 0 Å². The first-order valence-corrected chi connectivity index (χ1v) is 4.69. The number of halogens is 3. The molecule has 0 amide bonds. The van der Waals surface area contributed by atoms with Gasteiger partial charge in [0.2, 0.25) is 0 Å². The van der Waals surface area contributed by atoms with Crippen molar-refractivity contribution in [2.75, 3.05) is 11.1 Å². The molecule has 6 heteroatoms. The number of nitrogen functional groups attached to an aromatic ring is 1. The highest BCUT2D eigenvalue weighted by Gasteiger charge is 2.11. The topological polar surface area (TPSA) is 50.9 Å². The third-order valence-electron chi connectivity index (χ3n) is 2.04. The summed E-state index contributed by atoms with van der Waals surface area (Å²) in [6.07, 6.45) is 1.39. The molecule has 0 radical (unpaired) electrons. The second kappa shape index (κ2) is 4.32. The number of hydrogen-bond acceptors (Lipinski definition) is 3. The highest BCUT2D eigenvalue weighted by molar-refractivity contribution is 5.60. The van der Waals surface area contributed by atoms with Gasteiger partial charge < -0.3 is 11.1 Å². The summed E-state index contributed by atoms with van der Waals surface area (Å²) in [5.74, 6) is -2.88. The van der Waals surface area contributed by atoms with Crippen molar-refractivity contribution < 1.29 is 13.2 Å². The van der Waals surface area contributed by atoms with Gasteiger partial charge in [0.25, 0.3) is 0 Å². The first-order valence-electron chi connectivity index (χ1n) is 4.69. The van der Waals surface area contributed by atoms with Crippen LogP contribution in [0, 0.1) is 17.5 Å². The molecular weight excluding hydrogens is 231 g/mol. The second-order valence-corrected chi connectivity index (χ2v) is 3.34. The standard InChI is InChI=1S/C11H8F3N3/c12-6-3-8(13)11(9(14)4-6)17-10-5-7(15)1-2-16-10/h1-5H,(H3,15,16,17). The third kappa shape index (κ3) is 2.47. The van der Waals surface area contributed by atoms with Gasteiger partial charge in [-0.05, 0) is 6.07 Å². The molecule has 17 heavy (non-hydrogen) atoms. The van der Waals surface area contributed by atoms with Gasteiger partial charge in [-0.1, -0.05) is 0 Å². The monoisotopic (exact) mass is 239 g/mol. The lowest BCUT2D eigenvalue weighted by atomic mass is 10.2. The summed E-state index contributed by atoms with van der Waals surface area (Å²) in [4.78, 5) is 3.82. The van der Waals surface area contributed by atoms with E-state index in [2.05, 4.69) is 10.3 Å². The largest absolute Gasteiger partial charge is 0.399 e. The van der Waals surface area contributed by atoms with Crippen LogP contribution in [-0.2, 0) is 0 Å². The average molecular weight is 239 g/mol. The van der Waals surface area contributed by atoms with E-state index >= 15 is 0 Å². The Morgan fingerprint density at radius 3 is 2.29 bits per heavy atom. The van der Waals surface area contributed by atoms with Crippen molar-refractivity contribution in [2.24, 2.45) is 0 Å². The maximum absolute atomic E-state index is 13.3. The van der Waals surface area contributed by atoms with Crippen LogP contribution in [-0.4, -0.2) is 4.98 Å². The summed E-state index contributed by atoms with van der Waals surface area (Å²) in [6.45, 7) is 0. The number of pyridine rings is 1. The normalized spacial score (nSPS) is 10.3. The Morgan fingerprint density at radius 2 is 1.71 bits per heavy atom. The first kappa shape index (κ1) is 11.3. The minimum atomic E-state index is -1.04. The summed E-state index contributed by atoms with van der Waals surface area (Å²) < 4.78 is 39.3. The number of nitrogens with one attached hydrogen (secondary N) is 1. The fourth-order valence-corrected chi connectivity index (χ4v) is 1.30. The fraction of sp³-hybridized carbons (Fsp3) is 0. The van der Waals surface area contributed by atoms with E-state index in [4.69, 9.17) is 5.73 Å². The third-order valence-corrected chi connectivity index (χ3v) is 2.04. The van der Waals surface area contributed by atoms with Crippen molar-refractivity contribution in [1.29, 1.82) is 0 Å². The Bertz CT molecular complexity index is 534. The smallest absolute Gasteiger partial charge is 0.152 e. The van der Waals surface area contributed by atoms with Crippen LogP contribution in [0.5, 0.6) is 0 Å². The number of anilines is 3. The van der Waals surface area contributed by atoms with Crippen molar-refractivity contribution in [3.05, 3.63) is 47.9 Å². The molecule has 0 atom stereocenters. The van der Waals surface area contributed by atoms with Crippen LogP contribution in [0.2, 0.25) is 0 Å². The van der Waals surface area contributed by atoms with Crippen LogP contribution in [0.15, 0.2) is 30.5 Å². The lowest BCUT2D eigenvalue weighted by Crippen LogP contribution is -2.01. The molecule has 1 aromatic heterocycles. The number of nitrogens with two attached hydrogens (primary N) is 1. The summed E-state index contributed by atoms with van der Waals surface area (Å²) in [6, 6.07) is 4.10. The van der Waals surface area contributed by atoms with Crippen molar-refractivity contribution in [3.63, 3.8) is 0 Å². The number of aromatic nitrogens is 1. The van der Waals surface area contributed by atoms with E-state index in [1.165, 1.54) is 18.3 Å². The SMILES string of the molecule is Nc1ccnc(Nc2c(F)cc(F)cc2F)c1. The molecule has 0 unspecified atom stereocenters. The second-order valence-electron chi connectivity index (χ2n) is 3.34. The molecule has 88 valence electrons. The molecule has 0 bridgehead atoms. The highest BCUT2D eigenvalue weighted by Crippen LogP contribution is 2.23. The van der Waals surface area contributed by atoms with Crippen molar-refractivity contribution in [1.82, 2.24) is 4.98 Å². The van der Waals surface area contributed by atoms with Gasteiger partial charge in [-0.2, -0.15) is 0 Å². The molecule has 2 aromatic rings. The van der Waals surface area contributed by atoms with Crippen LogP contribution < -0.4 is 11.1 Å². The molecule has 3 nitrogen and oxygen atoms in total. The molecule has 0 spiro atoms. The van der Waals surface area contributed by atoms with Gasteiger partial charge in [-0.15, -0.1) is 0 Å². The zero-order valence-electron chi connectivity index (χ0n) is 8.55. The van der Waals surface area contributed by atoms with Gasteiger partial charge in [0.05, 0.1) is 0 Å². The summed E-state index contributed by atoms with van der Waals surface area (Å²) >= 11 is 0. The van der Waals surface area contributed by atoms with Gasteiger partial charge in [0, 0.05) is 30.1 Å². The minimum absolute atomic E-state index is 0.175. The maximum atomic E-state index is 13.3. The van der Waals surface area contributed by atoms with E-state index in [1.807, 2.05) is 0 Å². The predicted molar refractivity (Wildman–Crippen MR) is 58.2 cm³/mol. The van der Waals surface area contributed by atoms with Crippen molar-refractivity contribution in [3.8, 4) is 0 Å². The van der Waals surface area contributed by atoms with E-state index in [0.29, 0.717) is 17.8 Å². The summed E-state index contributed by atoms with van der Waals surface area (Å²) in [5.41, 5.74) is 5.41. The van der Waals surface area contributed by atoms with Gasteiger partial charge in [0.1, 0.15) is 17.3 Å². The Hall–Kier alpha value is -2.24. The maximum Gasteiger partial charge on any atom is 0.152 e. The first-order chi connectivity index (χ1) is 8.06. The quantitative estimate of drug-likeness (QED) is 0.847. The van der Waals surface area contributed by atoms with E-state index < -0.39 is 23.1 Å². The van der Waals surface area contributed by atoms with E-state index in [-0.39, 0.29) is 5.82 Å². The Labute approximate surface area is 95.1 Å². The van der Waals surface area contributed by atoms with Crippen LogP contribution in [0.1, 0.15) is 0 Å². The number of hydrogen-bond donors (Lipinski definition) is 2. The van der Waals surface area contributed by atoms with E-state index in [0.717, 1.165) is 0 Å². The summed E-state index contributed by atoms with van der Waals surface area (Å²) in [7, 11) is 0. The molecule has 1 aromatic carbocycles. The fourth-order valence-electron chi connectivity index (χ4n) is 1.30. The lowest BCUT2D eigenvalue weighted by molar-refractivity contribution is 0.549. The van der Waals surface area contributed by atoms with E-state index in [1.54, 1.807) is 0 Å². The van der Waals surface area contributed by atoms with Crippen LogP contribution in [0.3, 0.4) is 0 Å². The zero-order valence-corrected chi connectivity index (χ0v) is 8.55. The minimum Gasteiger partial charge on any atom is -0.399 e. The predicted octanol–water partition coefficient (Wildman–Crippen LogP) is 2.82. The molecular formula is C11H8F3N3. The molecule has 0 aliphatic heterocycles. The molecule has 1 heterocycles. The average Bonchev–Trinajstić information content (AvgIpc) is 2.23. The zero-order chi connectivity index (χ0) is 12.4. The molecule has 3 N–H and O–H groups in total. The molecule has 0 aliphatic carbocycles. The molecule has 2 rings (SSSR count). The number of benzene rings is 1. The Kier molecular flexibility index (Phi) is 2.86. The van der Waals surface area contributed by atoms with Crippen molar-refractivity contribution >= 4 is 17.2 Å². The van der Waals surface area contributed by atoms with Gasteiger partial charge in [0.15, 0.2) is 11.6 Å². The van der Waals surface area contributed by atoms with Crippen LogP contribution in [0.4, 0.5) is 30.4 Å². The lowest BCUT2D eigenvalue weighted by Gasteiger charge is -2.08. The van der Waals surface area contributed by atoms with Crippen LogP contribution >= 0.6 is 0 Å². The summed E-state index contributed by atoms with van der Waals surface area (Å²) in [5, 5.41) is 2.40. The van der Waals surface area contributed by atoms with Gasteiger partial charge >= 0.3 is 0 Å². The molecule has 0 fully saturated rings. The van der Waals surface area contributed by atoms with E-state index in [9.17, 15) is 13.2 Å². The molecule has 0 saturated heterocycles. The van der Waals surface area contributed by atoms with Crippen molar-refractivity contribution in [2.45, 2.75) is 0 Å². The molecule has 0 aliphatic rings. The molecule has 0 saturated carbocycles. The van der Waals surface area contributed by atoms with Gasteiger partial charge in [-0.25, -0.2) is 18.2 Å². The highest BCUT2D eigenvalue weighted by atomic mass is 19.1. The van der Waals surface area contributed by atoms with Gasteiger partial charge in [-0.3, -0.25) is 0 Å². The Balaban J connectivity index is 2.36.